The Balaban J connectivity index is 1.50. The summed E-state index contributed by atoms with van der Waals surface area (Å²) in [5, 5.41) is 0. The molecule has 0 radical (unpaired) electrons. The average Bonchev–Trinajstić information content (AvgIpc) is 2.98. The van der Waals surface area contributed by atoms with E-state index in [9.17, 15) is 4.79 Å². The van der Waals surface area contributed by atoms with Gasteiger partial charge in [0.05, 0.1) is 13.2 Å². The summed E-state index contributed by atoms with van der Waals surface area (Å²) in [7, 11) is 0. The highest BCUT2D eigenvalue weighted by Gasteiger charge is 2.34. The van der Waals surface area contributed by atoms with Crippen molar-refractivity contribution in [1.29, 1.82) is 0 Å². The first-order valence-electron chi connectivity index (χ1n) is 8.10. The van der Waals surface area contributed by atoms with Gasteiger partial charge < -0.3 is 15.4 Å². The maximum absolute atomic E-state index is 12.6. The number of likely N-dealkylation sites (tertiary alicyclic amines) is 1. The molecule has 2 N–H and O–H groups in total. The van der Waals surface area contributed by atoms with Gasteiger partial charge in [-0.05, 0) is 32.1 Å². The lowest BCUT2D eigenvalue weighted by molar-refractivity contribution is -0.135. The molecule has 0 spiro atoms. The maximum atomic E-state index is 12.6. The Hall–Kier alpha value is -0.650. The third kappa shape index (κ3) is 3.15. The van der Waals surface area contributed by atoms with Gasteiger partial charge in [-0.15, -0.1) is 0 Å². The number of carbonyl (C=O) groups is 1. The molecule has 1 saturated carbocycles. The monoisotopic (exact) mass is 281 g/mol. The number of carbonyl (C=O) groups excluding carboxylic acids is 1. The molecule has 114 valence electrons. The van der Waals surface area contributed by atoms with Gasteiger partial charge in [-0.1, -0.05) is 0 Å². The summed E-state index contributed by atoms with van der Waals surface area (Å²) in [5.74, 6) is 0.617. The topological polar surface area (TPSA) is 58.8 Å². The van der Waals surface area contributed by atoms with Crippen LogP contribution in [0.1, 0.15) is 32.1 Å². The molecule has 5 nitrogen and oxygen atoms in total. The summed E-state index contributed by atoms with van der Waals surface area (Å²) < 4.78 is 5.40. The van der Waals surface area contributed by atoms with Gasteiger partial charge >= 0.3 is 0 Å². The lowest BCUT2D eigenvalue weighted by atomic mass is 9.85. The minimum Gasteiger partial charge on any atom is -0.379 e. The van der Waals surface area contributed by atoms with Crippen molar-refractivity contribution in [2.75, 3.05) is 39.4 Å². The molecule has 20 heavy (non-hydrogen) atoms. The minimum atomic E-state index is 0.234. The summed E-state index contributed by atoms with van der Waals surface area (Å²) in [6, 6.07) is 0.868. The predicted octanol–water partition coefficient (Wildman–Crippen LogP) is 0.437. The van der Waals surface area contributed by atoms with Gasteiger partial charge in [0.25, 0.3) is 0 Å². The van der Waals surface area contributed by atoms with E-state index in [0.29, 0.717) is 18.0 Å². The van der Waals surface area contributed by atoms with Crippen LogP contribution in [-0.2, 0) is 9.53 Å². The Morgan fingerprint density at radius 1 is 1.00 bits per heavy atom. The highest BCUT2D eigenvalue weighted by molar-refractivity contribution is 5.79. The second kappa shape index (κ2) is 6.41. The normalized spacial score (nSPS) is 36.2. The van der Waals surface area contributed by atoms with E-state index in [0.717, 1.165) is 71.5 Å². The Morgan fingerprint density at radius 2 is 1.70 bits per heavy atom. The van der Waals surface area contributed by atoms with Gasteiger partial charge in [-0.3, -0.25) is 9.69 Å². The van der Waals surface area contributed by atoms with E-state index in [1.54, 1.807) is 0 Å². The van der Waals surface area contributed by atoms with Crippen LogP contribution in [0.5, 0.6) is 0 Å². The predicted molar refractivity (Wildman–Crippen MR) is 77.3 cm³/mol. The van der Waals surface area contributed by atoms with Crippen LogP contribution in [0.4, 0.5) is 0 Å². The van der Waals surface area contributed by atoms with E-state index >= 15 is 0 Å². The molecule has 1 amide bonds. The van der Waals surface area contributed by atoms with Crippen LogP contribution in [0.15, 0.2) is 0 Å². The maximum Gasteiger partial charge on any atom is 0.225 e. The Kier molecular flexibility index (Phi) is 4.58. The molecule has 3 aliphatic rings. The summed E-state index contributed by atoms with van der Waals surface area (Å²) >= 11 is 0. The lowest BCUT2D eigenvalue weighted by Crippen LogP contribution is -2.46. The van der Waals surface area contributed by atoms with Crippen molar-refractivity contribution in [3.63, 3.8) is 0 Å². The highest BCUT2D eigenvalue weighted by Crippen LogP contribution is 2.27. The van der Waals surface area contributed by atoms with Crippen LogP contribution in [0.3, 0.4) is 0 Å². The van der Waals surface area contributed by atoms with Crippen LogP contribution in [0.25, 0.3) is 0 Å². The number of nitrogens with two attached hydrogens (primary N) is 1. The van der Waals surface area contributed by atoms with E-state index in [1.807, 2.05) is 0 Å². The highest BCUT2D eigenvalue weighted by atomic mass is 16.5. The molecule has 1 unspecified atom stereocenters. The third-order valence-corrected chi connectivity index (χ3v) is 5.16. The van der Waals surface area contributed by atoms with E-state index in [2.05, 4.69) is 9.80 Å². The Labute approximate surface area is 121 Å². The number of hydrogen-bond donors (Lipinski definition) is 1. The van der Waals surface area contributed by atoms with Gasteiger partial charge in [0.2, 0.25) is 5.91 Å². The summed E-state index contributed by atoms with van der Waals surface area (Å²) in [6.07, 6.45) is 5.11. The van der Waals surface area contributed by atoms with Crippen molar-refractivity contribution in [2.24, 2.45) is 11.7 Å². The Morgan fingerprint density at radius 3 is 2.40 bits per heavy atom. The molecule has 0 aromatic carbocycles. The van der Waals surface area contributed by atoms with Crippen molar-refractivity contribution in [3.05, 3.63) is 0 Å². The van der Waals surface area contributed by atoms with Gasteiger partial charge in [0, 0.05) is 44.2 Å². The third-order valence-electron chi connectivity index (χ3n) is 5.16. The molecular weight excluding hydrogens is 254 g/mol. The molecule has 1 atom stereocenters. The van der Waals surface area contributed by atoms with E-state index < -0.39 is 0 Å². The largest absolute Gasteiger partial charge is 0.379 e. The van der Waals surface area contributed by atoms with Crippen molar-refractivity contribution in [2.45, 2.75) is 44.2 Å². The van der Waals surface area contributed by atoms with Crippen LogP contribution in [0.2, 0.25) is 0 Å². The molecule has 2 saturated heterocycles. The van der Waals surface area contributed by atoms with Gasteiger partial charge in [-0.25, -0.2) is 0 Å². The zero-order chi connectivity index (χ0) is 13.9. The Bertz CT molecular complexity index is 336. The first kappa shape index (κ1) is 14.3. The quantitative estimate of drug-likeness (QED) is 0.798. The summed E-state index contributed by atoms with van der Waals surface area (Å²) in [4.78, 5) is 17.2. The molecule has 3 rings (SSSR count). The van der Waals surface area contributed by atoms with Gasteiger partial charge in [0.15, 0.2) is 0 Å². The molecule has 1 aliphatic carbocycles. The van der Waals surface area contributed by atoms with Crippen LogP contribution < -0.4 is 5.73 Å². The molecule has 3 fully saturated rings. The first-order chi connectivity index (χ1) is 9.74. The number of hydrogen-bond acceptors (Lipinski definition) is 4. The number of morpholine rings is 1. The van der Waals surface area contributed by atoms with Crippen molar-refractivity contribution >= 4 is 5.91 Å². The standard InChI is InChI=1S/C15H27N3O2/c16-13-3-1-12(2-4-13)15(19)18-6-5-14(11-18)17-7-9-20-10-8-17/h12-14H,1-11,16H2. The summed E-state index contributed by atoms with van der Waals surface area (Å²) in [5.41, 5.74) is 5.93. The molecule has 0 aromatic rings. The van der Waals surface area contributed by atoms with Gasteiger partial charge in [0.1, 0.15) is 0 Å². The lowest BCUT2D eigenvalue weighted by Gasteiger charge is -2.33. The molecule has 0 bridgehead atoms. The first-order valence-corrected chi connectivity index (χ1v) is 8.10. The zero-order valence-corrected chi connectivity index (χ0v) is 12.3. The number of rotatable bonds is 2. The van der Waals surface area contributed by atoms with Crippen molar-refractivity contribution < 1.29 is 9.53 Å². The fourth-order valence-corrected chi connectivity index (χ4v) is 3.81. The molecule has 2 aliphatic heterocycles. The van der Waals surface area contributed by atoms with Crippen LogP contribution in [-0.4, -0.2) is 67.2 Å². The van der Waals surface area contributed by atoms with Crippen molar-refractivity contribution in [1.82, 2.24) is 9.80 Å². The molecule has 5 heteroatoms. The van der Waals surface area contributed by atoms with E-state index in [-0.39, 0.29) is 5.92 Å². The summed E-state index contributed by atoms with van der Waals surface area (Å²) in [6.45, 7) is 5.57. The second-order valence-electron chi connectivity index (χ2n) is 6.49. The second-order valence-corrected chi connectivity index (χ2v) is 6.49. The fourth-order valence-electron chi connectivity index (χ4n) is 3.81. The molecular formula is C15H27N3O2. The minimum absolute atomic E-state index is 0.234. The molecule has 0 aromatic heterocycles. The average molecular weight is 281 g/mol. The number of amides is 1. The van der Waals surface area contributed by atoms with E-state index in [1.165, 1.54) is 0 Å². The molecule has 2 heterocycles. The smallest absolute Gasteiger partial charge is 0.225 e. The number of ether oxygens (including phenoxy) is 1. The fraction of sp³-hybridized carbons (Fsp3) is 0.933. The zero-order valence-electron chi connectivity index (χ0n) is 12.3. The number of nitrogens with zero attached hydrogens (tertiary/aromatic N) is 2. The van der Waals surface area contributed by atoms with E-state index in [4.69, 9.17) is 10.5 Å². The van der Waals surface area contributed by atoms with Crippen molar-refractivity contribution in [3.8, 4) is 0 Å². The van der Waals surface area contributed by atoms with Gasteiger partial charge in [-0.2, -0.15) is 0 Å². The SMILES string of the molecule is NC1CCC(C(=O)N2CCC(N3CCOCC3)C2)CC1. The van der Waals surface area contributed by atoms with Crippen LogP contribution in [0, 0.1) is 5.92 Å². The van der Waals surface area contributed by atoms with Crippen LogP contribution >= 0.6 is 0 Å².